The lowest BCUT2D eigenvalue weighted by molar-refractivity contribution is 0.0935. The SMILES string of the molecule is COCCn1cnnc1[C@@H](C)NC(=O)c1cccn(C)c1=O. The van der Waals surface area contributed by atoms with Gasteiger partial charge in [-0.05, 0) is 19.1 Å². The number of hydrogen-bond acceptors (Lipinski definition) is 5. The number of nitrogens with one attached hydrogen (secondary N) is 1. The van der Waals surface area contributed by atoms with E-state index >= 15 is 0 Å². The monoisotopic (exact) mass is 305 g/mol. The number of carbonyl (C=O) groups excluding carboxylic acids is 1. The number of aryl methyl sites for hydroxylation is 1. The van der Waals surface area contributed by atoms with Crippen LogP contribution in [0.2, 0.25) is 0 Å². The predicted molar refractivity (Wildman–Crippen MR) is 79.5 cm³/mol. The highest BCUT2D eigenvalue weighted by Crippen LogP contribution is 2.09. The van der Waals surface area contributed by atoms with Crippen molar-refractivity contribution in [1.82, 2.24) is 24.6 Å². The third-order valence-corrected chi connectivity index (χ3v) is 3.28. The van der Waals surface area contributed by atoms with Crippen LogP contribution in [-0.4, -0.2) is 39.0 Å². The van der Waals surface area contributed by atoms with Gasteiger partial charge in [-0.2, -0.15) is 0 Å². The fraction of sp³-hybridized carbons (Fsp3) is 0.429. The Morgan fingerprint density at radius 1 is 1.50 bits per heavy atom. The quantitative estimate of drug-likeness (QED) is 0.818. The van der Waals surface area contributed by atoms with Crippen LogP contribution < -0.4 is 10.9 Å². The lowest BCUT2D eigenvalue weighted by Gasteiger charge is -2.14. The summed E-state index contributed by atoms with van der Waals surface area (Å²) in [5, 5.41) is 10.6. The van der Waals surface area contributed by atoms with Gasteiger partial charge in [0.1, 0.15) is 11.9 Å². The number of ether oxygens (including phenoxy) is 1. The van der Waals surface area contributed by atoms with Gasteiger partial charge in [0, 0.05) is 26.9 Å². The van der Waals surface area contributed by atoms with E-state index < -0.39 is 5.91 Å². The van der Waals surface area contributed by atoms with E-state index in [4.69, 9.17) is 4.74 Å². The first kappa shape index (κ1) is 15.9. The van der Waals surface area contributed by atoms with E-state index in [1.54, 1.807) is 44.2 Å². The standard InChI is InChI=1S/C14H19N5O3/c1-10(12-17-15-9-19(12)7-8-22-3)16-13(20)11-5-4-6-18(2)14(11)21/h4-6,9-10H,7-8H2,1-3H3,(H,16,20)/t10-/m1/s1. The molecule has 0 fully saturated rings. The second kappa shape index (κ2) is 6.99. The molecule has 118 valence electrons. The summed E-state index contributed by atoms with van der Waals surface area (Å²) in [6.45, 7) is 2.90. The normalized spacial score (nSPS) is 12.1. The molecule has 0 saturated heterocycles. The molecule has 2 heterocycles. The number of amides is 1. The van der Waals surface area contributed by atoms with Gasteiger partial charge in [-0.15, -0.1) is 10.2 Å². The Kier molecular flexibility index (Phi) is 5.05. The zero-order chi connectivity index (χ0) is 16.1. The molecule has 1 amide bonds. The molecular weight excluding hydrogens is 286 g/mol. The van der Waals surface area contributed by atoms with Crippen molar-refractivity contribution in [1.29, 1.82) is 0 Å². The summed E-state index contributed by atoms with van der Waals surface area (Å²) in [4.78, 5) is 24.2. The summed E-state index contributed by atoms with van der Waals surface area (Å²) < 4.78 is 8.19. The average Bonchev–Trinajstić information content (AvgIpc) is 2.96. The van der Waals surface area contributed by atoms with Gasteiger partial charge in [0.2, 0.25) is 0 Å². The fourth-order valence-corrected chi connectivity index (χ4v) is 2.07. The van der Waals surface area contributed by atoms with Gasteiger partial charge in [0.15, 0.2) is 5.82 Å². The number of aromatic nitrogens is 4. The first-order valence-corrected chi connectivity index (χ1v) is 6.87. The molecule has 2 aromatic rings. The van der Waals surface area contributed by atoms with Crippen molar-refractivity contribution in [3.63, 3.8) is 0 Å². The minimum absolute atomic E-state index is 0.0970. The highest BCUT2D eigenvalue weighted by molar-refractivity contribution is 5.93. The van der Waals surface area contributed by atoms with Crippen LogP contribution in [0, 0.1) is 0 Å². The van der Waals surface area contributed by atoms with Crippen LogP contribution in [0.4, 0.5) is 0 Å². The summed E-state index contributed by atoms with van der Waals surface area (Å²) in [7, 11) is 3.21. The van der Waals surface area contributed by atoms with Gasteiger partial charge >= 0.3 is 0 Å². The molecule has 0 spiro atoms. The van der Waals surface area contributed by atoms with E-state index in [0.717, 1.165) is 0 Å². The maximum atomic E-state index is 12.2. The highest BCUT2D eigenvalue weighted by atomic mass is 16.5. The Labute approximate surface area is 127 Å². The molecule has 0 aliphatic carbocycles. The Bertz CT molecular complexity index is 706. The second-order valence-corrected chi connectivity index (χ2v) is 4.91. The zero-order valence-electron chi connectivity index (χ0n) is 12.8. The van der Waals surface area contributed by atoms with Crippen molar-refractivity contribution >= 4 is 5.91 Å². The van der Waals surface area contributed by atoms with Crippen LogP contribution in [0.5, 0.6) is 0 Å². The Hall–Kier alpha value is -2.48. The van der Waals surface area contributed by atoms with Crippen LogP contribution in [0.15, 0.2) is 29.5 Å². The Balaban J connectivity index is 2.13. The van der Waals surface area contributed by atoms with Gasteiger partial charge < -0.3 is 19.2 Å². The topological polar surface area (TPSA) is 91.0 Å². The maximum absolute atomic E-state index is 12.2. The molecule has 2 rings (SSSR count). The molecule has 8 nitrogen and oxygen atoms in total. The number of carbonyl (C=O) groups is 1. The van der Waals surface area contributed by atoms with E-state index in [9.17, 15) is 9.59 Å². The van der Waals surface area contributed by atoms with E-state index in [1.807, 2.05) is 0 Å². The Morgan fingerprint density at radius 2 is 2.27 bits per heavy atom. The number of methoxy groups -OCH3 is 1. The van der Waals surface area contributed by atoms with Crippen molar-refractivity contribution in [3.8, 4) is 0 Å². The molecule has 0 aromatic carbocycles. The molecule has 0 saturated carbocycles. The molecule has 0 bridgehead atoms. The van der Waals surface area contributed by atoms with Crippen LogP contribution >= 0.6 is 0 Å². The lowest BCUT2D eigenvalue weighted by Crippen LogP contribution is -2.34. The molecule has 2 aromatic heterocycles. The second-order valence-electron chi connectivity index (χ2n) is 4.91. The van der Waals surface area contributed by atoms with Gasteiger partial charge in [-0.25, -0.2) is 0 Å². The molecule has 0 radical (unpaired) electrons. The van der Waals surface area contributed by atoms with Gasteiger partial charge in [-0.3, -0.25) is 9.59 Å². The molecule has 0 aliphatic heterocycles. The van der Waals surface area contributed by atoms with Gasteiger partial charge in [0.25, 0.3) is 11.5 Å². The Morgan fingerprint density at radius 3 is 3.00 bits per heavy atom. The lowest BCUT2D eigenvalue weighted by atomic mass is 10.2. The first-order chi connectivity index (χ1) is 10.5. The molecular formula is C14H19N5O3. The van der Waals surface area contributed by atoms with Gasteiger partial charge in [-0.1, -0.05) is 0 Å². The van der Waals surface area contributed by atoms with Gasteiger partial charge in [0.05, 0.1) is 12.6 Å². The first-order valence-electron chi connectivity index (χ1n) is 6.87. The predicted octanol–water partition coefficient (Wildman–Crippen LogP) is 0.114. The number of nitrogens with zero attached hydrogens (tertiary/aromatic N) is 4. The van der Waals surface area contributed by atoms with E-state index in [-0.39, 0.29) is 17.2 Å². The average molecular weight is 305 g/mol. The molecule has 0 unspecified atom stereocenters. The van der Waals surface area contributed by atoms with E-state index in [0.29, 0.717) is 19.0 Å². The molecule has 22 heavy (non-hydrogen) atoms. The highest BCUT2D eigenvalue weighted by Gasteiger charge is 2.18. The molecule has 8 heteroatoms. The maximum Gasteiger partial charge on any atom is 0.263 e. The van der Waals surface area contributed by atoms with Crippen LogP contribution in [0.1, 0.15) is 29.1 Å². The summed E-state index contributed by atoms with van der Waals surface area (Å²) in [6, 6.07) is 2.78. The van der Waals surface area contributed by atoms with E-state index in [1.165, 1.54) is 10.6 Å². The summed E-state index contributed by atoms with van der Waals surface area (Å²) >= 11 is 0. The summed E-state index contributed by atoms with van der Waals surface area (Å²) in [5.41, 5.74) is -0.243. The number of pyridine rings is 1. The van der Waals surface area contributed by atoms with Crippen LogP contribution in [0.3, 0.4) is 0 Å². The smallest absolute Gasteiger partial charge is 0.263 e. The molecule has 1 N–H and O–H groups in total. The van der Waals surface area contributed by atoms with Crippen molar-refractivity contribution < 1.29 is 9.53 Å². The summed E-state index contributed by atoms with van der Waals surface area (Å²) in [6.07, 6.45) is 3.18. The minimum atomic E-state index is -0.435. The molecule has 0 aliphatic rings. The van der Waals surface area contributed by atoms with Crippen molar-refractivity contribution in [2.75, 3.05) is 13.7 Å². The summed E-state index contributed by atoms with van der Waals surface area (Å²) in [5.74, 6) is 0.174. The fourth-order valence-electron chi connectivity index (χ4n) is 2.07. The van der Waals surface area contributed by atoms with Crippen LogP contribution in [-0.2, 0) is 18.3 Å². The largest absolute Gasteiger partial charge is 0.383 e. The van der Waals surface area contributed by atoms with Crippen molar-refractivity contribution in [3.05, 3.63) is 46.4 Å². The van der Waals surface area contributed by atoms with Crippen molar-refractivity contribution in [2.24, 2.45) is 7.05 Å². The third-order valence-electron chi connectivity index (χ3n) is 3.28. The van der Waals surface area contributed by atoms with Crippen LogP contribution in [0.25, 0.3) is 0 Å². The minimum Gasteiger partial charge on any atom is -0.383 e. The number of rotatable bonds is 6. The van der Waals surface area contributed by atoms with E-state index in [2.05, 4.69) is 15.5 Å². The third kappa shape index (κ3) is 3.40. The van der Waals surface area contributed by atoms with Crippen molar-refractivity contribution in [2.45, 2.75) is 19.5 Å². The number of hydrogen-bond donors (Lipinski definition) is 1. The molecule has 1 atom stereocenters. The zero-order valence-corrected chi connectivity index (χ0v) is 12.8.